The number of nitrogens with two attached hydrogens (primary N) is 1. The van der Waals surface area contributed by atoms with Crippen LogP contribution in [0.15, 0.2) is 35.1 Å². The summed E-state index contributed by atoms with van der Waals surface area (Å²) >= 11 is 0. The Bertz CT molecular complexity index is 598. The molecule has 3 aromatic rings. The quantitative estimate of drug-likeness (QED) is 0.634. The van der Waals surface area contributed by atoms with Gasteiger partial charge in [0.15, 0.2) is 11.4 Å². The lowest BCUT2D eigenvalue weighted by molar-refractivity contribution is 0.576. The molecule has 15 heavy (non-hydrogen) atoms. The van der Waals surface area contributed by atoms with Crippen LogP contribution in [-0.2, 0) is 0 Å². The van der Waals surface area contributed by atoms with Gasteiger partial charge in [-0.1, -0.05) is 0 Å². The van der Waals surface area contributed by atoms with Gasteiger partial charge < -0.3 is 10.2 Å². The van der Waals surface area contributed by atoms with Crippen LogP contribution in [0.4, 0.5) is 5.95 Å². The highest BCUT2D eigenvalue weighted by molar-refractivity contribution is 5.56. The second-order valence-electron chi connectivity index (χ2n) is 3.00. The number of anilines is 1. The van der Waals surface area contributed by atoms with Crippen molar-refractivity contribution < 1.29 is 4.42 Å². The minimum Gasteiger partial charge on any atom is -0.461 e. The number of nitrogen functional groups attached to an aromatic ring is 1. The van der Waals surface area contributed by atoms with Gasteiger partial charge >= 0.3 is 0 Å². The summed E-state index contributed by atoms with van der Waals surface area (Å²) in [7, 11) is 0. The Balaban J connectivity index is 2.37. The van der Waals surface area contributed by atoms with Gasteiger partial charge in [0.05, 0.1) is 6.26 Å². The van der Waals surface area contributed by atoms with Crippen LogP contribution in [0.3, 0.4) is 0 Å². The molecule has 6 heteroatoms. The van der Waals surface area contributed by atoms with Crippen molar-refractivity contribution in [2.24, 2.45) is 0 Å². The van der Waals surface area contributed by atoms with Crippen molar-refractivity contribution in [2.75, 3.05) is 5.73 Å². The first-order chi connectivity index (χ1) is 7.36. The zero-order valence-electron chi connectivity index (χ0n) is 7.66. The van der Waals surface area contributed by atoms with Gasteiger partial charge in [0.1, 0.15) is 0 Å². The minimum atomic E-state index is 0.337. The van der Waals surface area contributed by atoms with Crippen LogP contribution >= 0.6 is 0 Å². The highest BCUT2D eigenvalue weighted by atomic mass is 16.3. The number of fused-ring (bicyclic) bond motifs is 1. The average molecular weight is 201 g/mol. The molecule has 0 fully saturated rings. The van der Waals surface area contributed by atoms with Crippen LogP contribution in [0.25, 0.3) is 17.2 Å². The molecule has 0 aliphatic carbocycles. The smallest absolute Gasteiger partial charge is 0.207 e. The predicted molar refractivity (Wildman–Crippen MR) is 52.9 cm³/mol. The first kappa shape index (κ1) is 7.98. The van der Waals surface area contributed by atoms with E-state index in [1.807, 2.05) is 0 Å². The summed E-state index contributed by atoms with van der Waals surface area (Å²) in [5, 5.41) is 7.97. The van der Waals surface area contributed by atoms with E-state index in [-0.39, 0.29) is 0 Å². The third-order valence-electron chi connectivity index (χ3n) is 2.09. The summed E-state index contributed by atoms with van der Waals surface area (Å²) in [6, 6.07) is 5.31. The van der Waals surface area contributed by atoms with Crippen molar-refractivity contribution >= 4 is 11.6 Å². The fourth-order valence-corrected chi connectivity index (χ4v) is 1.43. The zero-order valence-corrected chi connectivity index (χ0v) is 7.66. The lowest BCUT2D eigenvalue weighted by Gasteiger charge is -1.98. The van der Waals surface area contributed by atoms with E-state index in [1.165, 1.54) is 0 Å². The molecule has 0 saturated carbocycles. The van der Waals surface area contributed by atoms with Gasteiger partial charge in [-0.15, -0.1) is 10.2 Å². The van der Waals surface area contributed by atoms with Gasteiger partial charge in [-0.3, -0.25) is 0 Å². The van der Waals surface area contributed by atoms with Gasteiger partial charge in [-0.2, -0.15) is 0 Å². The molecule has 0 bridgehead atoms. The molecule has 0 aliphatic rings. The van der Waals surface area contributed by atoms with Crippen molar-refractivity contribution in [1.29, 1.82) is 0 Å². The van der Waals surface area contributed by atoms with Crippen LogP contribution < -0.4 is 5.73 Å². The molecule has 2 N–H and O–H groups in total. The highest BCUT2D eigenvalue weighted by Crippen LogP contribution is 2.19. The lowest BCUT2D eigenvalue weighted by atomic mass is 10.4. The van der Waals surface area contributed by atoms with Crippen molar-refractivity contribution in [1.82, 2.24) is 19.6 Å². The van der Waals surface area contributed by atoms with E-state index >= 15 is 0 Å². The molecule has 0 spiro atoms. The molecule has 3 rings (SSSR count). The minimum absolute atomic E-state index is 0.337. The second-order valence-corrected chi connectivity index (χ2v) is 3.00. The number of hydrogen-bond donors (Lipinski definition) is 1. The molecular weight excluding hydrogens is 194 g/mol. The number of hydrogen-bond acceptors (Lipinski definition) is 5. The van der Waals surface area contributed by atoms with Gasteiger partial charge in [-0.05, 0) is 12.1 Å². The zero-order chi connectivity index (χ0) is 10.3. The predicted octanol–water partition coefficient (Wildman–Crippen LogP) is 0.966. The van der Waals surface area contributed by atoms with E-state index in [4.69, 9.17) is 10.2 Å². The van der Waals surface area contributed by atoms with Crippen LogP contribution in [-0.4, -0.2) is 19.6 Å². The molecule has 0 atom stereocenters. The topological polar surface area (TPSA) is 82.2 Å². The average Bonchev–Trinajstić information content (AvgIpc) is 2.85. The summed E-state index contributed by atoms with van der Waals surface area (Å²) in [4.78, 5) is 3.97. The highest BCUT2D eigenvalue weighted by Gasteiger charge is 2.12. The maximum Gasteiger partial charge on any atom is 0.207 e. The maximum absolute atomic E-state index is 5.74. The van der Waals surface area contributed by atoms with E-state index in [2.05, 4.69) is 15.2 Å². The third-order valence-corrected chi connectivity index (χ3v) is 2.09. The molecule has 6 nitrogen and oxygen atoms in total. The normalized spacial score (nSPS) is 10.9. The number of rotatable bonds is 1. The lowest BCUT2D eigenvalue weighted by Crippen LogP contribution is -2.00. The monoisotopic (exact) mass is 201 g/mol. The maximum atomic E-state index is 5.74. The van der Waals surface area contributed by atoms with E-state index in [0.29, 0.717) is 23.2 Å². The van der Waals surface area contributed by atoms with Crippen LogP contribution in [0, 0.1) is 0 Å². The summed E-state index contributed by atoms with van der Waals surface area (Å²) in [5.41, 5.74) is 6.38. The molecule has 0 unspecified atom stereocenters. The fourth-order valence-electron chi connectivity index (χ4n) is 1.43. The largest absolute Gasteiger partial charge is 0.461 e. The molecule has 3 aromatic heterocycles. The number of nitrogens with zero attached hydrogens (tertiary/aromatic N) is 4. The fraction of sp³-hybridized carbons (Fsp3) is 0. The molecule has 0 aromatic carbocycles. The van der Waals surface area contributed by atoms with Crippen LogP contribution in [0.2, 0.25) is 0 Å². The Labute approximate surface area is 84.4 Å². The Morgan fingerprint density at radius 2 is 2.20 bits per heavy atom. The molecule has 74 valence electrons. The van der Waals surface area contributed by atoms with Crippen molar-refractivity contribution in [2.45, 2.75) is 0 Å². The van der Waals surface area contributed by atoms with Crippen LogP contribution in [0.1, 0.15) is 0 Å². The summed E-state index contributed by atoms with van der Waals surface area (Å²) < 4.78 is 6.87. The van der Waals surface area contributed by atoms with E-state index in [0.717, 1.165) is 0 Å². The number of furan rings is 1. The summed E-state index contributed by atoms with van der Waals surface area (Å²) in [6.07, 6.45) is 3.16. The van der Waals surface area contributed by atoms with E-state index < -0.39 is 0 Å². The Morgan fingerprint density at radius 1 is 1.27 bits per heavy atom. The molecule has 0 saturated heterocycles. The Kier molecular flexibility index (Phi) is 1.49. The van der Waals surface area contributed by atoms with E-state index in [9.17, 15) is 0 Å². The van der Waals surface area contributed by atoms with Gasteiger partial charge in [0, 0.05) is 12.3 Å². The SMILES string of the molecule is Nc1nccc2nnc(-c3ccco3)n12. The van der Waals surface area contributed by atoms with Gasteiger partial charge in [0.25, 0.3) is 0 Å². The van der Waals surface area contributed by atoms with Gasteiger partial charge in [0.2, 0.25) is 11.8 Å². The second kappa shape index (κ2) is 2.81. The van der Waals surface area contributed by atoms with E-state index in [1.54, 1.807) is 35.1 Å². The number of aromatic nitrogens is 4. The molecule has 0 amide bonds. The molecular formula is C9H7N5O. The summed E-state index contributed by atoms with van der Waals surface area (Å²) in [6.45, 7) is 0. The first-order valence-corrected chi connectivity index (χ1v) is 4.36. The van der Waals surface area contributed by atoms with Crippen molar-refractivity contribution in [3.63, 3.8) is 0 Å². The molecule has 3 heterocycles. The first-order valence-electron chi connectivity index (χ1n) is 4.36. The van der Waals surface area contributed by atoms with Crippen LogP contribution in [0.5, 0.6) is 0 Å². The Hall–Kier alpha value is -2.37. The van der Waals surface area contributed by atoms with Gasteiger partial charge in [-0.25, -0.2) is 9.38 Å². The third kappa shape index (κ3) is 1.08. The Morgan fingerprint density at radius 3 is 3.00 bits per heavy atom. The van der Waals surface area contributed by atoms with Crippen molar-refractivity contribution in [3.05, 3.63) is 30.7 Å². The van der Waals surface area contributed by atoms with Crippen molar-refractivity contribution in [3.8, 4) is 11.6 Å². The molecule has 0 radical (unpaired) electrons. The molecule has 0 aliphatic heterocycles. The standard InChI is InChI=1S/C9H7N5O/c10-9-11-4-3-7-12-13-8(14(7)9)6-2-1-5-15-6/h1-5H,(H2,10,11). The summed E-state index contributed by atoms with van der Waals surface area (Å²) in [5.74, 6) is 1.51.